The number of hydrogen-bond donors (Lipinski definition) is 0. The number of rotatable bonds is 4. The second kappa shape index (κ2) is 5.60. The number of carbonyl (C=O) groups is 1. The standard InChI is InChI=1S/C10H10BrNO4/c1-16-10(13)9-3-2-8(12(14)15)6-7(9)4-5-11/h2-3,6H,4-5H2,1H3. The van der Waals surface area contributed by atoms with Crippen molar-refractivity contribution in [3.63, 3.8) is 0 Å². The Hall–Kier alpha value is -1.43. The number of nitro benzene ring substituents is 1. The van der Waals surface area contributed by atoms with E-state index in [0.717, 1.165) is 0 Å². The van der Waals surface area contributed by atoms with Gasteiger partial charge in [-0.15, -0.1) is 0 Å². The van der Waals surface area contributed by atoms with Crippen LogP contribution < -0.4 is 0 Å². The van der Waals surface area contributed by atoms with Gasteiger partial charge in [-0.3, -0.25) is 10.1 Å². The average Bonchev–Trinajstić information content (AvgIpc) is 2.28. The van der Waals surface area contributed by atoms with Gasteiger partial charge in [0.05, 0.1) is 17.6 Å². The predicted molar refractivity (Wildman–Crippen MR) is 61.9 cm³/mol. The summed E-state index contributed by atoms with van der Waals surface area (Å²) in [5, 5.41) is 11.2. The number of methoxy groups -OCH3 is 1. The lowest BCUT2D eigenvalue weighted by Crippen LogP contribution is -2.06. The van der Waals surface area contributed by atoms with E-state index < -0.39 is 10.9 Å². The summed E-state index contributed by atoms with van der Waals surface area (Å²) in [5.74, 6) is -0.481. The van der Waals surface area contributed by atoms with Crippen LogP contribution in [-0.4, -0.2) is 23.3 Å². The predicted octanol–water partition coefficient (Wildman–Crippen LogP) is 2.32. The van der Waals surface area contributed by atoms with Gasteiger partial charge in [-0.05, 0) is 18.1 Å². The minimum atomic E-state index is -0.487. The van der Waals surface area contributed by atoms with Gasteiger partial charge in [0.25, 0.3) is 5.69 Å². The van der Waals surface area contributed by atoms with Crippen LogP contribution in [0.1, 0.15) is 15.9 Å². The molecule has 0 aromatic heterocycles. The molecule has 6 heteroatoms. The molecule has 1 rings (SSSR count). The van der Waals surface area contributed by atoms with E-state index in [-0.39, 0.29) is 5.69 Å². The van der Waals surface area contributed by atoms with Gasteiger partial charge in [-0.2, -0.15) is 0 Å². The second-order valence-corrected chi connectivity index (χ2v) is 3.82. The average molecular weight is 288 g/mol. The Labute approximate surface area is 101 Å². The highest BCUT2D eigenvalue weighted by Crippen LogP contribution is 2.19. The number of carbonyl (C=O) groups excluding carboxylic acids is 1. The minimum absolute atomic E-state index is 0.0244. The topological polar surface area (TPSA) is 69.4 Å². The third-order valence-electron chi connectivity index (χ3n) is 2.07. The van der Waals surface area contributed by atoms with E-state index in [4.69, 9.17) is 0 Å². The molecule has 16 heavy (non-hydrogen) atoms. The summed E-state index contributed by atoms with van der Waals surface area (Å²) in [6.45, 7) is 0. The number of benzene rings is 1. The van der Waals surface area contributed by atoms with Gasteiger partial charge < -0.3 is 4.74 Å². The Morgan fingerprint density at radius 3 is 2.75 bits per heavy atom. The Kier molecular flexibility index (Phi) is 4.42. The number of non-ortho nitro benzene ring substituents is 1. The van der Waals surface area contributed by atoms with Gasteiger partial charge in [0, 0.05) is 17.5 Å². The summed E-state index contributed by atoms with van der Waals surface area (Å²) < 4.78 is 4.60. The zero-order valence-electron chi connectivity index (χ0n) is 8.60. The summed E-state index contributed by atoms with van der Waals surface area (Å²) in [6.07, 6.45) is 0.534. The first-order valence-electron chi connectivity index (χ1n) is 4.51. The van der Waals surface area contributed by atoms with Crippen LogP contribution in [0.4, 0.5) is 5.69 Å². The van der Waals surface area contributed by atoms with E-state index in [1.165, 1.54) is 25.3 Å². The zero-order valence-corrected chi connectivity index (χ0v) is 10.2. The van der Waals surface area contributed by atoms with Crippen molar-refractivity contribution in [2.75, 3.05) is 12.4 Å². The molecule has 0 aliphatic carbocycles. The quantitative estimate of drug-likeness (QED) is 0.369. The largest absolute Gasteiger partial charge is 0.465 e. The molecule has 0 heterocycles. The molecule has 0 spiro atoms. The van der Waals surface area contributed by atoms with Crippen LogP contribution in [0, 0.1) is 10.1 Å². The van der Waals surface area contributed by atoms with Gasteiger partial charge in [0.15, 0.2) is 0 Å². The molecule has 0 saturated carbocycles. The molecule has 1 aromatic carbocycles. The molecule has 0 bridgehead atoms. The Morgan fingerprint density at radius 2 is 2.25 bits per heavy atom. The lowest BCUT2D eigenvalue weighted by Gasteiger charge is -2.05. The van der Waals surface area contributed by atoms with Crippen molar-refractivity contribution in [3.8, 4) is 0 Å². The summed E-state index contributed by atoms with van der Waals surface area (Å²) in [7, 11) is 1.28. The molecular weight excluding hydrogens is 278 g/mol. The molecule has 0 fully saturated rings. The molecule has 1 aromatic rings. The van der Waals surface area contributed by atoms with Crippen molar-refractivity contribution in [3.05, 3.63) is 39.4 Å². The van der Waals surface area contributed by atoms with E-state index in [2.05, 4.69) is 20.7 Å². The third kappa shape index (κ3) is 2.79. The molecule has 0 aliphatic heterocycles. The van der Waals surface area contributed by atoms with E-state index in [0.29, 0.717) is 22.9 Å². The van der Waals surface area contributed by atoms with Crippen LogP contribution >= 0.6 is 15.9 Å². The number of nitrogens with zero attached hydrogens (tertiary/aromatic N) is 1. The number of aryl methyl sites for hydroxylation is 1. The monoisotopic (exact) mass is 287 g/mol. The Balaban J connectivity index is 3.18. The molecule has 0 aliphatic rings. The molecule has 0 atom stereocenters. The Bertz CT molecular complexity index is 419. The molecular formula is C10H10BrNO4. The van der Waals surface area contributed by atoms with Crippen molar-refractivity contribution < 1.29 is 14.5 Å². The van der Waals surface area contributed by atoms with Gasteiger partial charge in [0.2, 0.25) is 0 Å². The fraction of sp³-hybridized carbons (Fsp3) is 0.300. The highest BCUT2D eigenvalue weighted by atomic mass is 79.9. The summed E-state index contributed by atoms with van der Waals surface area (Å²) in [5.41, 5.74) is 0.953. The normalized spacial score (nSPS) is 9.88. The van der Waals surface area contributed by atoms with Gasteiger partial charge >= 0.3 is 5.97 Å². The molecule has 86 valence electrons. The van der Waals surface area contributed by atoms with E-state index in [1.54, 1.807) is 0 Å². The van der Waals surface area contributed by atoms with Crippen LogP contribution in [0.25, 0.3) is 0 Å². The lowest BCUT2D eigenvalue weighted by atomic mass is 10.0. The van der Waals surface area contributed by atoms with Crippen molar-refractivity contribution in [2.24, 2.45) is 0 Å². The van der Waals surface area contributed by atoms with Crippen molar-refractivity contribution in [2.45, 2.75) is 6.42 Å². The maximum atomic E-state index is 11.4. The van der Waals surface area contributed by atoms with E-state index >= 15 is 0 Å². The van der Waals surface area contributed by atoms with Crippen LogP contribution in [0.5, 0.6) is 0 Å². The first-order chi connectivity index (χ1) is 7.60. The SMILES string of the molecule is COC(=O)c1ccc([N+](=O)[O-])cc1CCBr. The maximum absolute atomic E-state index is 11.4. The molecule has 0 saturated heterocycles. The van der Waals surface area contributed by atoms with Gasteiger partial charge in [-0.25, -0.2) is 4.79 Å². The second-order valence-electron chi connectivity index (χ2n) is 3.03. The first kappa shape index (κ1) is 12.6. The molecule has 0 N–H and O–H groups in total. The van der Waals surface area contributed by atoms with Crippen LogP contribution in [0.15, 0.2) is 18.2 Å². The summed E-state index contributed by atoms with van der Waals surface area (Å²) >= 11 is 3.23. The van der Waals surface area contributed by atoms with Crippen LogP contribution in [0.2, 0.25) is 0 Å². The van der Waals surface area contributed by atoms with Crippen molar-refractivity contribution in [1.82, 2.24) is 0 Å². The summed E-state index contributed by atoms with van der Waals surface area (Å²) in [6, 6.07) is 4.11. The van der Waals surface area contributed by atoms with Crippen molar-refractivity contribution in [1.29, 1.82) is 0 Å². The molecule has 5 nitrogen and oxygen atoms in total. The highest BCUT2D eigenvalue weighted by Gasteiger charge is 2.15. The fourth-order valence-electron chi connectivity index (χ4n) is 1.31. The smallest absolute Gasteiger partial charge is 0.338 e. The highest BCUT2D eigenvalue weighted by molar-refractivity contribution is 9.09. The zero-order chi connectivity index (χ0) is 12.1. The number of ether oxygens (including phenoxy) is 1. The molecule has 0 radical (unpaired) electrons. The Morgan fingerprint density at radius 1 is 1.56 bits per heavy atom. The minimum Gasteiger partial charge on any atom is -0.465 e. The third-order valence-corrected chi connectivity index (χ3v) is 2.47. The van der Waals surface area contributed by atoms with Crippen LogP contribution in [0.3, 0.4) is 0 Å². The summed E-state index contributed by atoms with van der Waals surface area (Å²) in [4.78, 5) is 21.5. The van der Waals surface area contributed by atoms with Crippen LogP contribution in [-0.2, 0) is 11.2 Å². The van der Waals surface area contributed by atoms with E-state index in [9.17, 15) is 14.9 Å². The molecule has 0 unspecified atom stereocenters. The fourth-order valence-corrected chi connectivity index (χ4v) is 1.74. The number of nitro groups is 1. The number of halogens is 1. The number of hydrogen-bond acceptors (Lipinski definition) is 4. The lowest BCUT2D eigenvalue weighted by molar-refractivity contribution is -0.384. The number of esters is 1. The van der Waals surface area contributed by atoms with Gasteiger partial charge in [-0.1, -0.05) is 15.9 Å². The first-order valence-corrected chi connectivity index (χ1v) is 5.64. The van der Waals surface area contributed by atoms with Gasteiger partial charge in [0.1, 0.15) is 0 Å². The molecule has 0 amide bonds. The van der Waals surface area contributed by atoms with E-state index in [1.807, 2.05) is 0 Å². The number of alkyl halides is 1. The van der Waals surface area contributed by atoms with Crippen molar-refractivity contribution >= 4 is 27.6 Å². The maximum Gasteiger partial charge on any atom is 0.338 e.